The molecule has 0 radical (unpaired) electrons. The van der Waals surface area contributed by atoms with Crippen LogP contribution in [0, 0.1) is 0 Å². The molecule has 0 saturated carbocycles. The van der Waals surface area contributed by atoms with Crippen molar-refractivity contribution in [1.82, 2.24) is 9.97 Å². The summed E-state index contributed by atoms with van der Waals surface area (Å²) < 4.78 is 0. The first-order valence-electron chi connectivity index (χ1n) is 5.32. The van der Waals surface area contributed by atoms with Crippen molar-refractivity contribution in [2.75, 3.05) is 0 Å². The van der Waals surface area contributed by atoms with E-state index in [1.54, 1.807) is 6.92 Å². The van der Waals surface area contributed by atoms with E-state index in [4.69, 9.17) is 0 Å². The van der Waals surface area contributed by atoms with Crippen LogP contribution in [0.5, 0.6) is 0 Å². The Bertz CT molecular complexity index is 318. The van der Waals surface area contributed by atoms with E-state index in [-0.39, 0.29) is 5.78 Å². The highest BCUT2D eigenvalue weighted by Crippen LogP contribution is 2.18. The summed E-state index contributed by atoms with van der Waals surface area (Å²) in [4.78, 5) is 18.7. The molecule has 0 spiro atoms. The van der Waals surface area contributed by atoms with Gasteiger partial charge in [-0.3, -0.25) is 0 Å². The zero-order valence-electron chi connectivity index (χ0n) is 8.60. The molecule has 1 N–H and O–H groups in total. The van der Waals surface area contributed by atoms with Gasteiger partial charge in [-0.1, -0.05) is 0 Å². The molecule has 0 aromatic carbocycles. The van der Waals surface area contributed by atoms with E-state index in [9.17, 15) is 4.79 Å². The molecule has 76 valence electrons. The Balaban J connectivity index is 2.04. The Kier molecular flexibility index (Phi) is 2.66. The van der Waals surface area contributed by atoms with E-state index in [1.165, 1.54) is 24.2 Å². The number of Topliss-reactive ketones (excluding diaryl/α,β-unsaturated/α-hetero) is 1. The Morgan fingerprint density at radius 2 is 2.21 bits per heavy atom. The number of fused-ring (bicyclic) bond motifs is 1. The van der Waals surface area contributed by atoms with Crippen molar-refractivity contribution < 1.29 is 4.79 Å². The van der Waals surface area contributed by atoms with Crippen LogP contribution in [0.15, 0.2) is 0 Å². The van der Waals surface area contributed by atoms with Gasteiger partial charge in [-0.15, -0.1) is 0 Å². The summed E-state index contributed by atoms with van der Waals surface area (Å²) in [5.41, 5.74) is 2.53. The Morgan fingerprint density at radius 1 is 1.43 bits per heavy atom. The van der Waals surface area contributed by atoms with Gasteiger partial charge in [0.15, 0.2) is 0 Å². The van der Waals surface area contributed by atoms with E-state index in [0.29, 0.717) is 6.42 Å². The lowest BCUT2D eigenvalue weighted by atomic mass is 10.0. The molecule has 0 amide bonds. The Morgan fingerprint density at radius 3 is 2.93 bits per heavy atom. The number of H-pyrrole nitrogens is 1. The monoisotopic (exact) mass is 192 g/mol. The van der Waals surface area contributed by atoms with Crippen LogP contribution in [0.1, 0.15) is 43.4 Å². The van der Waals surface area contributed by atoms with Crippen LogP contribution < -0.4 is 0 Å². The van der Waals surface area contributed by atoms with Gasteiger partial charge >= 0.3 is 0 Å². The number of hydrogen-bond donors (Lipinski definition) is 1. The molecule has 1 heterocycles. The molecular formula is C11H16N2O. The number of aryl methyl sites for hydroxylation is 3. The summed E-state index contributed by atoms with van der Waals surface area (Å²) in [6.07, 6.45) is 6.12. The van der Waals surface area contributed by atoms with Gasteiger partial charge in [0.25, 0.3) is 0 Å². The first-order chi connectivity index (χ1) is 6.75. The van der Waals surface area contributed by atoms with Crippen LogP contribution in [-0.4, -0.2) is 15.8 Å². The molecule has 0 fully saturated rings. The zero-order chi connectivity index (χ0) is 9.97. The van der Waals surface area contributed by atoms with E-state index in [0.717, 1.165) is 25.1 Å². The quantitative estimate of drug-likeness (QED) is 0.793. The van der Waals surface area contributed by atoms with Crippen LogP contribution >= 0.6 is 0 Å². The van der Waals surface area contributed by atoms with Crippen molar-refractivity contribution in [2.45, 2.75) is 45.4 Å². The lowest BCUT2D eigenvalue weighted by molar-refractivity contribution is -0.117. The number of aromatic amines is 1. The van der Waals surface area contributed by atoms with Crippen molar-refractivity contribution in [1.29, 1.82) is 0 Å². The van der Waals surface area contributed by atoms with Gasteiger partial charge in [-0.05, 0) is 32.6 Å². The molecule has 1 aromatic rings. The SMILES string of the molecule is CC(=O)CCc1nc2c([nH]1)CCCC2. The van der Waals surface area contributed by atoms with Crippen molar-refractivity contribution in [3.8, 4) is 0 Å². The second kappa shape index (κ2) is 3.95. The summed E-state index contributed by atoms with van der Waals surface area (Å²) in [5.74, 6) is 1.23. The largest absolute Gasteiger partial charge is 0.346 e. The molecule has 3 heteroatoms. The molecule has 0 aliphatic heterocycles. The summed E-state index contributed by atoms with van der Waals surface area (Å²) in [6.45, 7) is 1.63. The maximum atomic E-state index is 10.8. The average molecular weight is 192 g/mol. The van der Waals surface area contributed by atoms with Gasteiger partial charge in [0.1, 0.15) is 11.6 Å². The number of rotatable bonds is 3. The average Bonchev–Trinajstić information content (AvgIpc) is 2.57. The molecule has 0 saturated heterocycles. The first kappa shape index (κ1) is 9.44. The van der Waals surface area contributed by atoms with E-state index in [2.05, 4.69) is 9.97 Å². The molecule has 0 unspecified atom stereocenters. The van der Waals surface area contributed by atoms with Gasteiger partial charge in [-0.25, -0.2) is 4.98 Å². The zero-order valence-corrected chi connectivity index (χ0v) is 8.60. The number of aromatic nitrogens is 2. The fraction of sp³-hybridized carbons (Fsp3) is 0.636. The summed E-state index contributed by atoms with van der Waals surface area (Å²) in [6, 6.07) is 0. The van der Waals surface area contributed by atoms with Gasteiger partial charge in [-0.2, -0.15) is 0 Å². The first-order valence-corrected chi connectivity index (χ1v) is 5.32. The molecule has 14 heavy (non-hydrogen) atoms. The molecular weight excluding hydrogens is 176 g/mol. The van der Waals surface area contributed by atoms with E-state index in [1.807, 2.05) is 0 Å². The highest BCUT2D eigenvalue weighted by molar-refractivity contribution is 5.75. The van der Waals surface area contributed by atoms with Crippen LogP contribution in [0.2, 0.25) is 0 Å². The Labute approximate surface area is 83.9 Å². The fourth-order valence-corrected chi connectivity index (χ4v) is 1.93. The van der Waals surface area contributed by atoms with E-state index >= 15 is 0 Å². The number of nitrogens with one attached hydrogen (secondary N) is 1. The maximum Gasteiger partial charge on any atom is 0.130 e. The minimum atomic E-state index is 0.236. The molecule has 1 aliphatic carbocycles. The standard InChI is InChI=1S/C11H16N2O/c1-8(14)6-7-11-12-9-4-2-3-5-10(9)13-11/h2-7H2,1H3,(H,12,13). The van der Waals surface area contributed by atoms with Gasteiger partial charge in [0, 0.05) is 18.5 Å². The number of nitrogens with zero attached hydrogens (tertiary/aromatic N) is 1. The number of ketones is 1. The van der Waals surface area contributed by atoms with Crippen LogP contribution in [0.4, 0.5) is 0 Å². The van der Waals surface area contributed by atoms with Crippen molar-refractivity contribution in [3.05, 3.63) is 17.2 Å². The Hall–Kier alpha value is -1.12. The molecule has 2 rings (SSSR count). The van der Waals surface area contributed by atoms with Gasteiger partial charge in [0.05, 0.1) is 5.69 Å². The third-order valence-electron chi connectivity index (χ3n) is 2.72. The third-order valence-corrected chi connectivity index (χ3v) is 2.72. The lowest BCUT2D eigenvalue weighted by Crippen LogP contribution is -2.00. The number of carbonyl (C=O) groups is 1. The van der Waals surface area contributed by atoms with Crippen molar-refractivity contribution in [3.63, 3.8) is 0 Å². The van der Waals surface area contributed by atoms with Crippen LogP contribution in [-0.2, 0) is 24.1 Å². The number of hydrogen-bond acceptors (Lipinski definition) is 2. The van der Waals surface area contributed by atoms with Crippen molar-refractivity contribution in [2.24, 2.45) is 0 Å². The molecule has 3 nitrogen and oxygen atoms in total. The molecule has 0 bridgehead atoms. The minimum absolute atomic E-state index is 0.236. The number of imidazole rings is 1. The normalized spacial score (nSPS) is 15.2. The van der Waals surface area contributed by atoms with E-state index < -0.39 is 0 Å². The predicted octanol–water partition coefficient (Wildman–Crippen LogP) is 1.81. The minimum Gasteiger partial charge on any atom is -0.346 e. The maximum absolute atomic E-state index is 10.8. The molecule has 1 aliphatic rings. The molecule has 0 atom stereocenters. The topological polar surface area (TPSA) is 45.8 Å². The van der Waals surface area contributed by atoms with Crippen molar-refractivity contribution >= 4 is 5.78 Å². The van der Waals surface area contributed by atoms with Crippen LogP contribution in [0.25, 0.3) is 0 Å². The highest BCUT2D eigenvalue weighted by atomic mass is 16.1. The summed E-state index contributed by atoms with van der Waals surface area (Å²) in [5, 5.41) is 0. The van der Waals surface area contributed by atoms with Crippen LogP contribution in [0.3, 0.4) is 0 Å². The second-order valence-corrected chi connectivity index (χ2v) is 4.02. The summed E-state index contributed by atoms with van der Waals surface area (Å²) in [7, 11) is 0. The number of carbonyl (C=O) groups excluding carboxylic acids is 1. The van der Waals surface area contributed by atoms with Gasteiger partial charge in [0.2, 0.25) is 0 Å². The van der Waals surface area contributed by atoms with Gasteiger partial charge < -0.3 is 9.78 Å². The second-order valence-electron chi connectivity index (χ2n) is 4.02. The fourth-order valence-electron chi connectivity index (χ4n) is 1.93. The highest BCUT2D eigenvalue weighted by Gasteiger charge is 2.13. The lowest BCUT2D eigenvalue weighted by Gasteiger charge is -2.07. The molecule has 1 aromatic heterocycles. The smallest absolute Gasteiger partial charge is 0.130 e. The summed E-state index contributed by atoms with van der Waals surface area (Å²) >= 11 is 0. The predicted molar refractivity (Wildman–Crippen MR) is 54.2 cm³/mol. The third kappa shape index (κ3) is 2.03.